The Kier molecular flexibility index (Phi) is 4.68. The van der Waals surface area contributed by atoms with Crippen LogP contribution in [0.3, 0.4) is 0 Å². The van der Waals surface area contributed by atoms with E-state index in [0.29, 0.717) is 23.6 Å². The fourth-order valence-corrected chi connectivity index (χ4v) is 6.55. The van der Waals surface area contributed by atoms with Gasteiger partial charge in [0, 0.05) is 12.6 Å². The quantitative estimate of drug-likeness (QED) is 0.867. The summed E-state index contributed by atoms with van der Waals surface area (Å²) in [5.41, 5.74) is 0. The maximum atomic E-state index is 12.8. The van der Waals surface area contributed by atoms with Gasteiger partial charge in [0.1, 0.15) is 0 Å². The smallest absolute Gasteiger partial charge is 0.214 e. The maximum absolute atomic E-state index is 12.8. The molecule has 3 rings (SSSR count). The first-order valence-electron chi connectivity index (χ1n) is 8.37. The van der Waals surface area contributed by atoms with Crippen LogP contribution in [-0.2, 0) is 10.0 Å². The first-order chi connectivity index (χ1) is 9.67. The Morgan fingerprint density at radius 3 is 2.60 bits per heavy atom. The molecule has 20 heavy (non-hydrogen) atoms. The van der Waals surface area contributed by atoms with E-state index in [4.69, 9.17) is 0 Å². The summed E-state index contributed by atoms with van der Waals surface area (Å²) in [5, 5.41) is 3.33. The van der Waals surface area contributed by atoms with Crippen molar-refractivity contribution in [2.75, 3.05) is 25.4 Å². The van der Waals surface area contributed by atoms with Crippen LogP contribution in [0.4, 0.5) is 0 Å². The van der Waals surface area contributed by atoms with Crippen LogP contribution in [0.1, 0.15) is 51.4 Å². The van der Waals surface area contributed by atoms with Gasteiger partial charge in [0.05, 0.1) is 5.75 Å². The Morgan fingerprint density at radius 2 is 1.80 bits per heavy atom. The van der Waals surface area contributed by atoms with E-state index in [2.05, 4.69) is 5.32 Å². The standard InChI is InChI=1S/C15H28N2O2S/c18-20(19,12-13-5-3-9-16-11-13)17-10-4-7-14-6-1-2-8-15(14)17/h13-16H,1-12H2/t13?,14-,15-/m1/s1. The van der Waals surface area contributed by atoms with Gasteiger partial charge in [0.25, 0.3) is 0 Å². The third kappa shape index (κ3) is 3.20. The molecule has 4 nitrogen and oxygen atoms in total. The van der Waals surface area contributed by atoms with E-state index in [1.807, 2.05) is 4.31 Å². The topological polar surface area (TPSA) is 49.4 Å². The summed E-state index contributed by atoms with van der Waals surface area (Å²) in [4.78, 5) is 0. The zero-order valence-corrected chi connectivity index (χ0v) is 13.2. The molecular weight excluding hydrogens is 272 g/mol. The van der Waals surface area contributed by atoms with Crippen LogP contribution < -0.4 is 5.32 Å². The summed E-state index contributed by atoms with van der Waals surface area (Å²) >= 11 is 0. The number of piperidine rings is 2. The lowest BCUT2D eigenvalue weighted by molar-refractivity contribution is 0.128. The van der Waals surface area contributed by atoms with Crippen molar-refractivity contribution in [1.29, 1.82) is 0 Å². The minimum absolute atomic E-state index is 0.317. The second-order valence-electron chi connectivity index (χ2n) is 6.86. The van der Waals surface area contributed by atoms with Gasteiger partial charge in [0.2, 0.25) is 10.0 Å². The van der Waals surface area contributed by atoms with E-state index < -0.39 is 10.0 Å². The molecule has 1 unspecified atom stereocenters. The largest absolute Gasteiger partial charge is 0.316 e. The second kappa shape index (κ2) is 6.32. The summed E-state index contributed by atoms with van der Waals surface area (Å²) in [7, 11) is -3.06. The molecule has 0 bridgehead atoms. The van der Waals surface area contributed by atoms with Crippen LogP contribution in [-0.4, -0.2) is 44.2 Å². The lowest BCUT2D eigenvalue weighted by Gasteiger charge is -2.43. The summed E-state index contributed by atoms with van der Waals surface area (Å²) in [6, 6.07) is 0.319. The third-order valence-electron chi connectivity index (χ3n) is 5.39. The predicted molar refractivity (Wildman–Crippen MR) is 81.1 cm³/mol. The highest BCUT2D eigenvalue weighted by Crippen LogP contribution is 2.37. The molecule has 1 N–H and O–H groups in total. The van der Waals surface area contributed by atoms with Crippen molar-refractivity contribution < 1.29 is 8.42 Å². The third-order valence-corrected chi connectivity index (χ3v) is 7.46. The Labute approximate surface area is 123 Å². The molecule has 1 saturated carbocycles. The monoisotopic (exact) mass is 300 g/mol. The van der Waals surface area contributed by atoms with Crippen LogP contribution in [0.5, 0.6) is 0 Å². The second-order valence-corrected chi connectivity index (χ2v) is 8.82. The highest BCUT2D eigenvalue weighted by atomic mass is 32.2. The average Bonchev–Trinajstić information content (AvgIpc) is 2.47. The summed E-state index contributed by atoms with van der Waals surface area (Å²) in [6.45, 7) is 2.69. The molecule has 3 atom stereocenters. The minimum atomic E-state index is -3.06. The highest BCUT2D eigenvalue weighted by molar-refractivity contribution is 7.89. The number of hydrogen-bond acceptors (Lipinski definition) is 3. The normalized spacial score (nSPS) is 36.5. The molecule has 116 valence electrons. The number of hydrogen-bond donors (Lipinski definition) is 1. The molecule has 3 fully saturated rings. The first kappa shape index (κ1) is 14.8. The Bertz CT molecular complexity index is 416. The lowest BCUT2D eigenvalue weighted by Crippen LogP contribution is -2.51. The van der Waals surface area contributed by atoms with Gasteiger partial charge in [-0.25, -0.2) is 8.42 Å². The van der Waals surface area contributed by atoms with Crippen molar-refractivity contribution in [3.05, 3.63) is 0 Å². The van der Waals surface area contributed by atoms with E-state index >= 15 is 0 Å². The van der Waals surface area contributed by atoms with Gasteiger partial charge in [-0.1, -0.05) is 12.8 Å². The van der Waals surface area contributed by atoms with E-state index in [0.717, 1.165) is 45.3 Å². The van der Waals surface area contributed by atoms with Crippen LogP contribution in [0.2, 0.25) is 0 Å². The zero-order valence-electron chi connectivity index (χ0n) is 12.4. The number of nitrogens with one attached hydrogen (secondary N) is 1. The number of sulfonamides is 1. The molecule has 0 aromatic heterocycles. The van der Waals surface area contributed by atoms with Crippen LogP contribution in [0, 0.1) is 11.8 Å². The van der Waals surface area contributed by atoms with Gasteiger partial charge >= 0.3 is 0 Å². The summed E-state index contributed by atoms with van der Waals surface area (Å²) < 4.78 is 27.5. The Balaban J connectivity index is 1.68. The minimum Gasteiger partial charge on any atom is -0.316 e. The van der Waals surface area contributed by atoms with Gasteiger partial charge in [-0.3, -0.25) is 0 Å². The average molecular weight is 300 g/mol. The molecule has 0 aromatic carbocycles. The Morgan fingerprint density at radius 1 is 1.00 bits per heavy atom. The van der Waals surface area contributed by atoms with Crippen molar-refractivity contribution in [2.24, 2.45) is 11.8 Å². The van der Waals surface area contributed by atoms with Crippen molar-refractivity contribution in [3.8, 4) is 0 Å². The van der Waals surface area contributed by atoms with Gasteiger partial charge in [0.15, 0.2) is 0 Å². The van der Waals surface area contributed by atoms with E-state index in [-0.39, 0.29) is 0 Å². The van der Waals surface area contributed by atoms with Crippen molar-refractivity contribution in [2.45, 2.75) is 57.4 Å². The first-order valence-corrected chi connectivity index (χ1v) is 9.98. The lowest BCUT2D eigenvalue weighted by atomic mass is 9.79. The number of rotatable bonds is 3. The van der Waals surface area contributed by atoms with Crippen molar-refractivity contribution in [1.82, 2.24) is 9.62 Å². The molecule has 0 spiro atoms. The molecule has 2 heterocycles. The fourth-order valence-electron chi connectivity index (χ4n) is 4.38. The molecule has 0 radical (unpaired) electrons. The molecule has 0 amide bonds. The molecular formula is C15H28N2O2S. The van der Waals surface area contributed by atoms with Gasteiger partial charge in [-0.05, 0) is 63.5 Å². The van der Waals surface area contributed by atoms with Crippen molar-refractivity contribution in [3.63, 3.8) is 0 Å². The molecule has 2 aliphatic heterocycles. The summed E-state index contributed by atoms with van der Waals surface area (Å²) in [5.74, 6) is 1.32. The summed E-state index contributed by atoms with van der Waals surface area (Å²) in [6.07, 6.45) is 9.31. The van der Waals surface area contributed by atoms with Gasteiger partial charge in [-0.15, -0.1) is 0 Å². The number of fused-ring (bicyclic) bond motifs is 1. The molecule has 3 aliphatic rings. The van der Waals surface area contributed by atoms with Gasteiger partial charge < -0.3 is 5.32 Å². The van der Waals surface area contributed by atoms with E-state index in [9.17, 15) is 8.42 Å². The molecule has 5 heteroatoms. The predicted octanol–water partition coefficient (Wildman–Crippen LogP) is 1.97. The van der Waals surface area contributed by atoms with Crippen LogP contribution in [0.15, 0.2) is 0 Å². The highest BCUT2D eigenvalue weighted by Gasteiger charge is 2.39. The molecule has 2 saturated heterocycles. The SMILES string of the molecule is O=S(=O)(CC1CCCNC1)N1CCC[C@H]2CCCC[C@H]21. The zero-order chi connectivity index (χ0) is 14.0. The van der Waals surface area contributed by atoms with Crippen molar-refractivity contribution >= 4 is 10.0 Å². The van der Waals surface area contributed by atoms with Crippen LogP contribution in [0.25, 0.3) is 0 Å². The van der Waals surface area contributed by atoms with E-state index in [1.54, 1.807) is 0 Å². The number of nitrogens with zero attached hydrogens (tertiary/aromatic N) is 1. The fraction of sp³-hybridized carbons (Fsp3) is 1.00. The van der Waals surface area contributed by atoms with Crippen LogP contribution >= 0.6 is 0 Å². The van der Waals surface area contributed by atoms with Gasteiger partial charge in [-0.2, -0.15) is 4.31 Å². The Hall–Kier alpha value is -0.130. The molecule has 0 aromatic rings. The molecule has 1 aliphatic carbocycles. The maximum Gasteiger partial charge on any atom is 0.214 e. The van der Waals surface area contributed by atoms with E-state index in [1.165, 1.54) is 25.7 Å².